The molecule has 2 aromatic rings. The molecule has 3 nitrogen and oxygen atoms in total. The SMILES string of the molecule is CN1C(=O)C(c2ccccc2Cl)C(=O)c2ccccc21. The van der Waals surface area contributed by atoms with Gasteiger partial charge < -0.3 is 4.90 Å². The summed E-state index contributed by atoms with van der Waals surface area (Å²) >= 11 is 6.14. The highest BCUT2D eigenvalue weighted by Crippen LogP contribution is 2.36. The summed E-state index contributed by atoms with van der Waals surface area (Å²) in [5, 5.41) is 0.437. The van der Waals surface area contributed by atoms with Gasteiger partial charge in [0.15, 0.2) is 5.78 Å². The number of fused-ring (bicyclic) bond motifs is 1. The van der Waals surface area contributed by atoms with Gasteiger partial charge in [0.1, 0.15) is 5.92 Å². The molecular weight excluding hydrogens is 274 g/mol. The molecular formula is C16H12ClNO2. The Hall–Kier alpha value is -2.13. The first-order chi connectivity index (χ1) is 9.61. The van der Waals surface area contributed by atoms with Gasteiger partial charge in [0.2, 0.25) is 5.91 Å². The topological polar surface area (TPSA) is 37.4 Å². The van der Waals surface area contributed by atoms with E-state index in [1.165, 1.54) is 4.90 Å². The fraction of sp³-hybridized carbons (Fsp3) is 0.125. The lowest BCUT2D eigenvalue weighted by atomic mass is 9.85. The van der Waals surface area contributed by atoms with Crippen LogP contribution in [0.4, 0.5) is 5.69 Å². The average molecular weight is 286 g/mol. The van der Waals surface area contributed by atoms with Gasteiger partial charge in [-0.1, -0.05) is 41.9 Å². The summed E-state index contributed by atoms with van der Waals surface area (Å²) in [7, 11) is 1.68. The largest absolute Gasteiger partial charge is 0.314 e. The van der Waals surface area contributed by atoms with Crippen molar-refractivity contribution in [1.82, 2.24) is 0 Å². The first-order valence-electron chi connectivity index (χ1n) is 6.26. The molecule has 2 aromatic carbocycles. The number of halogens is 1. The number of Topliss-reactive ketones (excluding diaryl/α,β-unsaturated/α-hetero) is 1. The van der Waals surface area contributed by atoms with Crippen LogP contribution in [-0.4, -0.2) is 18.7 Å². The van der Waals surface area contributed by atoms with Crippen molar-refractivity contribution >= 4 is 29.0 Å². The number of rotatable bonds is 1. The van der Waals surface area contributed by atoms with Crippen LogP contribution in [0.25, 0.3) is 0 Å². The van der Waals surface area contributed by atoms with E-state index >= 15 is 0 Å². The van der Waals surface area contributed by atoms with Crippen LogP contribution in [0.15, 0.2) is 48.5 Å². The number of para-hydroxylation sites is 1. The van der Waals surface area contributed by atoms with Crippen LogP contribution < -0.4 is 4.90 Å². The third-order valence-corrected chi connectivity index (χ3v) is 3.93. The normalized spacial score (nSPS) is 18.1. The quantitative estimate of drug-likeness (QED) is 0.754. The van der Waals surface area contributed by atoms with Crippen LogP contribution in [0.2, 0.25) is 5.02 Å². The first kappa shape index (κ1) is 12.9. The number of amides is 1. The molecule has 20 heavy (non-hydrogen) atoms. The van der Waals surface area contributed by atoms with E-state index in [1.54, 1.807) is 49.5 Å². The smallest absolute Gasteiger partial charge is 0.242 e. The summed E-state index contributed by atoms with van der Waals surface area (Å²) in [5.74, 6) is -1.30. The van der Waals surface area contributed by atoms with Crippen LogP contribution >= 0.6 is 11.6 Å². The summed E-state index contributed by atoms with van der Waals surface area (Å²) in [6.07, 6.45) is 0. The Morgan fingerprint density at radius 3 is 2.40 bits per heavy atom. The van der Waals surface area contributed by atoms with Gasteiger partial charge in [0, 0.05) is 17.6 Å². The van der Waals surface area contributed by atoms with Gasteiger partial charge in [-0.15, -0.1) is 0 Å². The number of ketones is 1. The van der Waals surface area contributed by atoms with Crippen LogP contribution in [0.5, 0.6) is 0 Å². The van der Waals surface area contributed by atoms with Crippen molar-refractivity contribution in [3.8, 4) is 0 Å². The third-order valence-electron chi connectivity index (χ3n) is 3.59. The minimum Gasteiger partial charge on any atom is -0.314 e. The van der Waals surface area contributed by atoms with Crippen molar-refractivity contribution in [3.63, 3.8) is 0 Å². The molecule has 100 valence electrons. The number of carbonyl (C=O) groups excluding carboxylic acids is 2. The lowest BCUT2D eigenvalue weighted by molar-refractivity contribution is -0.119. The predicted molar refractivity (Wildman–Crippen MR) is 78.4 cm³/mol. The molecule has 1 aliphatic rings. The van der Waals surface area contributed by atoms with E-state index in [9.17, 15) is 9.59 Å². The van der Waals surface area contributed by atoms with Gasteiger partial charge >= 0.3 is 0 Å². The number of hydrogen-bond donors (Lipinski definition) is 0. The molecule has 0 saturated heterocycles. The lowest BCUT2D eigenvalue weighted by Crippen LogP contribution is -2.41. The maximum Gasteiger partial charge on any atom is 0.242 e. The molecule has 0 fully saturated rings. The van der Waals surface area contributed by atoms with Gasteiger partial charge in [-0.3, -0.25) is 9.59 Å². The number of hydrogen-bond acceptors (Lipinski definition) is 2. The molecule has 3 rings (SSSR count). The number of nitrogens with zero attached hydrogens (tertiary/aromatic N) is 1. The first-order valence-corrected chi connectivity index (χ1v) is 6.64. The molecule has 0 radical (unpaired) electrons. The van der Waals surface area contributed by atoms with E-state index in [4.69, 9.17) is 11.6 Å². The van der Waals surface area contributed by atoms with Crippen LogP contribution in [0.3, 0.4) is 0 Å². The van der Waals surface area contributed by atoms with Gasteiger partial charge in [0.05, 0.1) is 5.69 Å². The molecule has 1 heterocycles. The Bertz CT molecular complexity index is 711. The van der Waals surface area contributed by atoms with Crippen LogP contribution in [0.1, 0.15) is 21.8 Å². The molecule has 1 amide bonds. The van der Waals surface area contributed by atoms with Gasteiger partial charge in [-0.2, -0.15) is 0 Å². The van der Waals surface area contributed by atoms with Gasteiger partial charge in [-0.05, 0) is 23.8 Å². The zero-order valence-corrected chi connectivity index (χ0v) is 11.6. The number of anilines is 1. The minimum atomic E-state index is -0.858. The zero-order valence-electron chi connectivity index (χ0n) is 10.8. The van der Waals surface area contributed by atoms with E-state index in [2.05, 4.69) is 0 Å². The molecule has 0 N–H and O–H groups in total. The summed E-state index contributed by atoms with van der Waals surface area (Å²) < 4.78 is 0. The minimum absolute atomic E-state index is 0.197. The van der Waals surface area contributed by atoms with Gasteiger partial charge in [0.25, 0.3) is 0 Å². The standard InChI is InChI=1S/C16H12ClNO2/c1-18-13-9-5-3-7-11(13)15(19)14(16(18)20)10-6-2-4-8-12(10)17/h2-9,14H,1H3. The van der Waals surface area contributed by atoms with Crippen molar-refractivity contribution in [2.45, 2.75) is 5.92 Å². The predicted octanol–water partition coefficient (Wildman–Crippen LogP) is 3.28. The summed E-state index contributed by atoms with van der Waals surface area (Å²) in [6, 6.07) is 14.1. The average Bonchev–Trinajstić information content (AvgIpc) is 2.47. The van der Waals surface area contributed by atoms with Crippen LogP contribution in [0, 0.1) is 0 Å². The Morgan fingerprint density at radius 1 is 1.00 bits per heavy atom. The number of carbonyl (C=O) groups is 2. The molecule has 0 aromatic heterocycles. The molecule has 4 heteroatoms. The Morgan fingerprint density at radius 2 is 1.65 bits per heavy atom. The Balaban J connectivity index is 2.18. The van der Waals surface area contributed by atoms with Crippen LogP contribution in [-0.2, 0) is 4.79 Å². The highest BCUT2D eigenvalue weighted by molar-refractivity contribution is 6.33. The Labute approximate surface area is 121 Å². The van der Waals surface area contributed by atoms with Crippen molar-refractivity contribution in [1.29, 1.82) is 0 Å². The molecule has 1 unspecified atom stereocenters. The van der Waals surface area contributed by atoms with Gasteiger partial charge in [-0.25, -0.2) is 0 Å². The second-order valence-corrected chi connectivity index (χ2v) is 5.14. The molecule has 1 atom stereocenters. The molecule has 1 aliphatic heterocycles. The van der Waals surface area contributed by atoms with Crippen molar-refractivity contribution in [3.05, 3.63) is 64.7 Å². The highest BCUT2D eigenvalue weighted by Gasteiger charge is 2.39. The van der Waals surface area contributed by atoms with Crippen molar-refractivity contribution in [2.24, 2.45) is 0 Å². The zero-order chi connectivity index (χ0) is 14.3. The third kappa shape index (κ3) is 1.82. The maximum atomic E-state index is 12.6. The second kappa shape index (κ2) is 4.76. The van der Waals surface area contributed by atoms with Crippen molar-refractivity contribution < 1.29 is 9.59 Å². The maximum absolute atomic E-state index is 12.6. The number of benzene rings is 2. The number of likely N-dealkylation sites (N-methyl/N-ethyl adjacent to an activating group) is 1. The fourth-order valence-corrected chi connectivity index (χ4v) is 2.78. The van der Waals surface area contributed by atoms with E-state index in [1.807, 2.05) is 6.07 Å². The second-order valence-electron chi connectivity index (χ2n) is 4.73. The lowest BCUT2D eigenvalue weighted by Gasteiger charge is -2.30. The summed E-state index contributed by atoms with van der Waals surface area (Å²) in [6.45, 7) is 0. The molecule has 0 saturated carbocycles. The summed E-state index contributed by atoms with van der Waals surface area (Å²) in [5.41, 5.74) is 1.76. The highest BCUT2D eigenvalue weighted by atomic mass is 35.5. The van der Waals surface area contributed by atoms with E-state index in [0.717, 1.165) is 0 Å². The molecule has 0 bridgehead atoms. The Kier molecular flexibility index (Phi) is 3.07. The summed E-state index contributed by atoms with van der Waals surface area (Å²) in [4.78, 5) is 26.6. The van der Waals surface area contributed by atoms with E-state index in [-0.39, 0.29) is 11.7 Å². The molecule has 0 spiro atoms. The monoisotopic (exact) mass is 285 g/mol. The fourth-order valence-electron chi connectivity index (χ4n) is 2.54. The van der Waals surface area contributed by atoms with E-state index < -0.39 is 5.92 Å². The molecule has 0 aliphatic carbocycles. The van der Waals surface area contributed by atoms with Crippen molar-refractivity contribution in [2.75, 3.05) is 11.9 Å². The van der Waals surface area contributed by atoms with E-state index in [0.29, 0.717) is 21.8 Å².